The van der Waals surface area contributed by atoms with Gasteiger partial charge < -0.3 is 10.5 Å². The second-order valence-electron chi connectivity index (χ2n) is 5.42. The second kappa shape index (κ2) is 8.27. The number of morpholine rings is 1. The van der Waals surface area contributed by atoms with Gasteiger partial charge in [-0.3, -0.25) is 10.3 Å². The van der Waals surface area contributed by atoms with Crippen LogP contribution in [0.2, 0.25) is 0 Å². The average molecular weight is 346 g/mol. The maximum absolute atomic E-state index is 5.94. The van der Waals surface area contributed by atoms with Crippen molar-refractivity contribution in [1.82, 2.24) is 14.3 Å². The minimum absolute atomic E-state index is 0.340. The lowest BCUT2D eigenvalue weighted by Gasteiger charge is -2.24. The molecule has 24 heavy (non-hydrogen) atoms. The van der Waals surface area contributed by atoms with E-state index in [0.29, 0.717) is 18.5 Å². The summed E-state index contributed by atoms with van der Waals surface area (Å²) < 4.78 is 7.63. The van der Waals surface area contributed by atoms with E-state index < -0.39 is 0 Å². The molecular formula is C16H22N6OS. The molecule has 1 aliphatic heterocycles. The normalized spacial score (nSPS) is 16.5. The summed E-state index contributed by atoms with van der Waals surface area (Å²) in [5.74, 6) is 1.71. The predicted molar refractivity (Wildman–Crippen MR) is 99.2 cm³/mol. The van der Waals surface area contributed by atoms with Crippen LogP contribution in [0.5, 0.6) is 0 Å². The number of hydrogen-bond acceptors (Lipinski definition) is 6. The van der Waals surface area contributed by atoms with E-state index in [1.54, 1.807) is 11.9 Å². The third-order valence-corrected chi connectivity index (χ3v) is 4.75. The highest BCUT2D eigenvalue weighted by molar-refractivity contribution is 7.97. The number of benzene rings is 1. The zero-order valence-corrected chi connectivity index (χ0v) is 14.6. The standard InChI is InChI=1S/C16H22N6OS/c1-12-13-4-2-3-5-14(13)20-16(19-12)21-15(17)18-6-11-24-22-7-9-23-10-8-22/h2-5H,6-11H2,1H3,(H3,17,18,19,20,21). The van der Waals surface area contributed by atoms with Crippen molar-refractivity contribution in [3.63, 3.8) is 0 Å². The van der Waals surface area contributed by atoms with Crippen molar-refractivity contribution in [3.8, 4) is 0 Å². The summed E-state index contributed by atoms with van der Waals surface area (Å²) >= 11 is 1.78. The molecule has 0 aliphatic carbocycles. The summed E-state index contributed by atoms with van der Waals surface area (Å²) in [6.45, 7) is 6.14. The quantitative estimate of drug-likeness (QED) is 0.368. The zero-order valence-electron chi connectivity index (χ0n) is 13.7. The largest absolute Gasteiger partial charge is 0.379 e. The number of anilines is 1. The van der Waals surface area contributed by atoms with Crippen LogP contribution in [0.1, 0.15) is 5.69 Å². The molecule has 0 unspecified atom stereocenters. The molecule has 0 bridgehead atoms. The second-order valence-corrected chi connectivity index (χ2v) is 6.60. The van der Waals surface area contributed by atoms with Crippen LogP contribution >= 0.6 is 11.9 Å². The molecule has 1 aliphatic rings. The Labute approximate surface area is 145 Å². The molecule has 1 fully saturated rings. The summed E-state index contributed by atoms with van der Waals surface area (Å²) in [4.78, 5) is 13.2. The number of para-hydroxylation sites is 1. The maximum Gasteiger partial charge on any atom is 0.230 e. The van der Waals surface area contributed by atoms with Crippen LogP contribution in [-0.2, 0) is 4.74 Å². The SMILES string of the molecule is Cc1nc(NC(N)=NCCSN2CCOCC2)nc2ccccc12. The minimum atomic E-state index is 0.340. The number of guanidine groups is 1. The van der Waals surface area contributed by atoms with Crippen LogP contribution in [0.15, 0.2) is 29.3 Å². The Hall–Kier alpha value is -1.90. The van der Waals surface area contributed by atoms with Gasteiger partial charge in [0.05, 0.1) is 31.0 Å². The number of hydrogen-bond donors (Lipinski definition) is 2. The number of nitrogens with one attached hydrogen (secondary N) is 1. The number of aryl methyl sites for hydroxylation is 1. The molecule has 0 atom stereocenters. The van der Waals surface area contributed by atoms with Gasteiger partial charge >= 0.3 is 0 Å². The third kappa shape index (κ3) is 4.56. The third-order valence-electron chi connectivity index (χ3n) is 3.65. The number of nitrogens with two attached hydrogens (primary N) is 1. The highest BCUT2D eigenvalue weighted by Gasteiger charge is 2.10. The molecule has 0 saturated carbocycles. The van der Waals surface area contributed by atoms with E-state index in [2.05, 4.69) is 24.6 Å². The van der Waals surface area contributed by atoms with Gasteiger partial charge in [-0.1, -0.05) is 30.1 Å². The van der Waals surface area contributed by atoms with Crippen LogP contribution in [-0.4, -0.2) is 58.8 Å². The average Bonchev–Trinajstić information content (AvgIpc) is 2.60. The molecule has 2 aromatic rings. The fourth-order valence-corrected chi connectivity index (χ4v) is 3.30. The van der Waals surface area contributed by atoms with Gasteiger partial charge in [-0.15, -0.1) is 0 Å². The number of nitrogens with zero attached hydrogens (tertiary/aromatic N) is 4. The summed E-state index contributed by atoms with van der Waals surface area (Å²) in [6, 6.07) is 7.91. The number of fused-ring (bicyclic) bond motifs is 1. The van der Waals surface area contributed by atoms with E-state index >= 15 is 0 Å². The first-order valence-corrected chi connectivity index (χ1v) is 8.92. The highest BCUT2D eigenvalue weighted by atomic mass is 32.2. The fraction of sp³-hybridized carbons (Fsp3) is 0.438. The molecule has 1 saturated heterocycles. The molecule has 3 N–H and O–H groups in total. The first-order chi connectivity index (χ1) is 11.7. The lowest BCUT2D eigenvalue weighted by molar-refractivity contribution is 0.0773. The van der Waals surface area contributed by atoms with Crippen molar-refractivity contribution in [1.29, 1.82) is 0 Å². The number of aromatic nitrogens is 2. The topological polar surface area (TPSA) is 88.7 Å². The van der Waals surface area contributed by atoms with Gasteiger partial charge in [0.25, 0.3) is 0 Å². The first kappa shape index (κ1) is 16.9. The van der Waals surface area contributed by atoms with Crippen LogP contribution < -0.4 is 11.1 Å². The molecule has 8 heteroatoms. The van der Waals surface area contributed by atoms with Crippen LogP contribution in [0.4, 0.5) is 5.95 Å². The molecule has 128 valence electrons. The number of ether oxygens (including phenoxy) is 1. The van der Waals surface area contributed by atoms with Crippen molar-refractivity contribution in [3.05, 3.63) is 30.0 Å². The van der Waals surface area contributed by atoms with E-state index in [-0.39, 0.29) is 0 Å². The molecular weight excluding hydrogens is 324 g/mol. The van der Waals surface area contributed by atoms with E-state index in [0.717, 1.165) is 48.7 Å². The molecule has 2 heterocycles. The first-order valence-electron chi connectivity index (χ1n) is 7.98. The van der Waals surface area contributed by atoms with Crippen molar-refractivity contribution in [2.45, 2.75) is 6.92 Å². The predicted octanol–water partition coefficient (Wildman–Crippen LogP) is 1.65. The molecule has 0 radical (unpaired) electrons. The monoisotopic (exact) mass is 346 g/mol. The van der Waals surface area contributed by atoms with Crippen molar-refractivity contribution < 1.29 is 4.74 Å². The fourth-order valence-electron chi connectivity index (χ4n) is 2.46. The van der Waals surface area contributed by atoms with Gasteiger partial charge in [0, 0.05) is 24.2 Å². The molecule has 7 nitrogen and oxygen atoms in total. The van der Waals surface area contributed by atoms with Crippen molar-refractivity contribution in [2.24, 2.45) is 10.7 Å². The van der Waals surface area contributed by atoms with Gasteiger partial charge in [-0.05, 0) is 13.0 Å². The Kier molecular flexibility index (Phi) is 5.84. The molecule has 0 spiro atoms. The number of aliphatic imine (C=N–C) groups is 1. The number of rotatable bonds is 5. The molecule has 0 amide bonds. The van der Waals surface area contributed by atoms with Gasteiger partial charge in [-0.25, -0.2) is 14.3 Å². The van der Waals surface area contributed by atoms with E-state index in [1.807, 2.05) is 31.2 Å². The van der Waals surface area contributed by atoms with Gasteiger partial charge in [0.2, 0.25) is 5.95 Å². The minimum Gasteiger partial charge on any atom is -0.379 e. The van der Waals surface area contributed by atoms with Crippen molar-refractivity contribution >= 4 is 34.8 Å². The summed E-state index contributed by atoms with van der Waals surface area (Å²) in [5, 5.41) is 4.02. The summed E-state index contributed by atoms with van der Waals surface area (Å²) in [5.41, 5.74) is 7.74. The Morgan fingerprint density at radius 1 is 1.33 bits per heavy atom. The van der Waals surface area contributed by atoms with Gasteiger partial charge in [0.15, 0.2) is 5.96 Å². The summed E-state index contributed by atoms with van der Waals surface area (Å²) in [7, 11) is 0. The van der Waals surface area contributed by atoms with E-state index in [9.17, 15) is 0 Å². The van der Waals surface area contributed by atoms with Crippen LogP contribution in [0.25, 0.3) is 10.9 Å². The van der Waals surface area contributed by atoms with Crippen LogP contribution in [0.3, 0.4) is 0 Å². The summed E-state index contributed by atoms with van der Waals surface area (Å²) in [6.07, 6.45) is 0. The lowest BCUT2D eigenvalue weighted by Crippen LogP contribution is -2.31. The van der Waals surface area contributed by atoms with E-state index in [1.165, 1.54) is 0 Å². The van der Waals surface area contributed by atoms with Gasteiger partial charge in [0.1, 0.15) is 0 Å². The Balaban J connectivity index is 1.53. The molecule has 3 rings (SSSR count). The Morgan fingerprint density at radius 3 is 2.96 bits per heavy atom. The van der Waals surface area contributed by atoms with Crippen molar-refractivity contribution in [2.75, 3.05) is 43.9 Å². The highest BCUT2D eigenvalue weighted by Crippen LogP contribution is 2.16. The smallest absolute Gasteiger partial charge is 0.230 e. The van der Waals surface area contributed by atoms with E-state index in [4.69, 9.17) is 10.5 Å². The molecule has 1 aromatic carbocycles. The molecule has 1 aromatic heterocycles. The Morgan fingerprint density at radius 2 is 2.12 bits per heavy atom. The maximum atomic E-state index is 5.94. The van der Waals surface area contributed by atoms with Crippen LogP contribution in [0, 0.1) is 6.92 Å². The lowest BCUT2D eigenvalue weighted by atomic mass is 10.2. The Bertz CT molecular complexity index is 717. The zero-order chi connectivity index (χ0) is 16.8. The van der Waals surface area contributed by atoms with Gasteiger partial charge in [-0.2, -0.15) is 0 Å².